The van der Waals surface area contributed by atoms with E-state index in [1.807, 2.05) is 48.2 Å². The Balaban J connectivity index is 1.70. The lowest BCUT2D eigenvalue weighted by Gasteiger charge is -2.10. The molecule has 3 aromatic heterocycles. The van der Waals surface area contributed by atoms with Gasteiger partial charge in [0.1, 0.15) is 11.4 Å². The topological polar surface area (TPSA) is 69.4 Å². The molecule has 0 radical (unpaired) electrons. The third-order valence-corrected chi connectivity index (χ3v) is 5.72. The molecule has 3 heterocycles. The Labute approximate surface area is 172 Å². The molecular formula is C22H18N6S. The van der Waals surface area contributed by atoms with Gasteiger partial charge in [-0.05, 0) is 18.7 Å². The summed E-state index contributed by atoms with van der Waals surface area (Å²) in [7, 11) is 0. The van der Waals surface area contributed by atoms with Gasteiger partial charge < -0.3 is 0 Å². The van der Waals surface area contributed by atoms with Gasteiger partial charge in [-0.1, -0.05) is 54.6 Å². The molecule has 0 spiro atoms. The van der Waals surface area contributed by atoms with Crippen LogP contribution in [0.4, 0.5) is 0 Å². The highest BCUT2D eigenvalue weighted by atomic mass is 32.2. The number of aromatic nitrogens is 6. The summed E-state index contributed by atoms with van der Waals surface area (Å²) in [6.07, 6.45) is 4.29. The minimum absolute atomic E-state index is 0.668. The van der Waals surface area contributed by atoms with Crippen molar-refractivity contribution in [3.63, 3.8) is 0 Å². The monoisotopic (exact) mass is 398 g/mol. The second kappa shape index (κ2) is 7.25. The van der Waals surface area contributed by atoms with E-state index in [0.29, 0.717) is 11.5 Å². The van der Waals surface area contributed by atoms with Crippen LogP contribution in [0.2, 0.25) is 0 Å². The summed E-state index contributed by atoms with van der Waals surface area (Å²) in [4.78, 5) is 8.72. The van der Waals surface area contributed by atoms with Crippen LogP contribution in [0.25, 0.3) is 27.6 Å². The molecule has 2 aromatic carbocycles. The second-order valence-corrected chi connectivity index (χ2v) is 7.55. The van der Waals surface area contributed by atoms with Gasteiger partial charge in [-0.2, -0.15) is 5.10 Å². The molecule has 5 rings (SSSR count). The van der Waals surface area contributed by atoms with Crippen LogP contribution in [-0.2, 0) is 6.42 Å². The number of nitrogens with zero attached hydrogens (tertiary/aromatic N) is 6. The van der Waals surface area contributed by atoms with Gasteiger partial charge in [0.25, 0.3) is 0 Å². The number of hydrogen-bond donors (Lipinski definition) is 0. The standard InChI is InChI=1S/C22H18N6S/c1-14-19-20(23-13-24-22(19)29-2)27-28(14)21-17-11-7-6-10-16(17)18(25-26-21)12-15-8-4-3-5-9-15/h3-11,13H,12H2,1-2H3. The molecule has 5 aromatic rings. The van der Waals surface area contributed by atoms with E-state index < -0.39 is 0 Å². The number of thioether (sulfide) groups is 1. The number of aryl methyl sites for hydroxylation is 1. The number of rotatable bonds is 4. The van der Waals surface area contributed by atoms with Crippen LogP contribution in [0.5, 0.6) is 0 Å². The Morgan fingerprint density at radius 1 is 0.897 bits per heavy atom. The number of benzene rings is 2. The average molecular weight is 398 g/mol. The maximum Gasteiger partial charge on any atom is 0.186 e. The van der Waals surface area contributed by atoms with Crippen LogP contribution >= 0.6 is 11.8 Å². The molecule has 29 heavy (non-hydrogen) atoms. The second-order valence-electron chi connectivity index (χ2n) is 6.76. The van der Waals surface area contributed by atoms with Crippen molar-refractivity contribution >= 4 is 33.6 Å². The Morgan fingerprint density at radius 2 is 1.66 bits per heavy atom. The smallest absolute Gasteiger partial charge is 0.186 e. The third-order valence-electron chi connectivity index (χ3n) is 5.02. The van der Waals surface area contributed by atoms with E-state index in [4.69, 9.17) is 5.10 Å². The van der Waals surface area contributed by atoms with Gasteiger partial charge in [-0.15, -0.1) is 22.0 Å². The molecule has 142 valence electrons. The van der Waals surface area contributed by atoms with Crippen LogP contribution in [0.3, 0.4) is 0 Å². The van der Waals surface area contributed by atoms with E-state index in [-0.39, 0.29) is 0 Å². The molecule has 0 aliphatic carbocycles. The first kappa shape index (κ1) is 17.8. The molecule has 0 saturated carbocycles. The summed E-state index contributed by atoms with van der Waals surface area (Å²) >= 11 is 1.59. The van der Waals surface area contributed by atoms with E-state index in [9.17, 15) is 0 Å². The van der Waals surface area contributed by atoms with Crippen molar-refractivity contribution in [3.8, 4) is 5.82 Å². The van der Waals surface area contributed by atoms with Gasteiger partial charge in [-0.3, -0.25) is 0 Å². The third kappa shape index (κ3) is 3.03. The van der Waals surface area contributed by atoms with Gasteiger partial charge in [-0.25, -0.2) is 14.6 Å². The van der Waals surface area contributed by atoms with Gasteiger partial charge in [0.2, 0.25) is 0 Å². The molecular weight excluding hydrogens is 380 g/mol. The molecule has 0 saturated heterocycles. The van der Waals surface area contributed by atoms with Crippen LogP contribution in [0.15, 0.2) is 66.0 Å². The first-order valence-corrected chi connectivity index (χ1v) is 10.5. The fourth-order valence-electron chi connectivity index (χ4n) is 3.61. The van der Waals surface area contributed by atoms with E-state index in [0.717, 1.165) is 39.0 Å². The molecule has 0 aliphatic heterocycles. The largest absolute Gasteiger partial charge is 0.229 e. The molecule has 0 amide bonds. The molecule has 0 bridgehead atoms. The van der Waals surface area contributed by atoms with E-state index >= 15 is 0 Å². The average Bonchev–Trinajstić information content (AvgIpc) is 3.11. The summed E-state index contributed by atoms with van der Waals surface area (Å²) in [5.41, 5.74) is 3.79. The van der Waals surface area contributed by atoms with Crippen molar-refractivity contribution in [3.05, 3.63) is 77.9 Å². The predicted molar refractivity (Wildman–Crippen MR) is 116 cm³/mol. The maximum absolute atomic E-state index is 4.70. The summed E-state index contributed by atoms with van der Waals surface area (Å²) in [5.74, 6) is 0.708. The molecule has 0 fully saturated rings. The summed E-state index contributed by atoms with van der Waals surface area (Å²) in [6.45, 7) is 2.02. The lowest BCUT2D eigenvalue weighted by Crippen LogP contribution is -2.07. The Kier molecular flexibility index (Phi) is 4.44. The Hall–Kier alpha value is -3.32. The summed E-state index contributed by atoms with van der Waals surface area (Å²) in [6, 6.07) is 18.5. The van der Waals surface area contributed by atoms with Gasteiger partial charge >= 0.3 is 0 Å². The van der Waals surface area contributed by atoms with Crippen molar-refractivity contribution < 1.29 is 0 Å². The van der Waals surface area contributed by atoms with Crippen molar-refractivity contribution in [2.75, 3.05) is 6.26 Å². The fourth-order valence-corrected chi connectivity index (χ4v) is 4.21. The van der Waals surface area contributed by atoms with Gasteiger partial charge in [0.05, 0.1) is 16.8 Å². The Bertz CT molecular complexity index is 1330. The fraction of sp³-hybridized carbons (Fsp3) is 0.136. The molecule has 0 N–H and O–H groups in total. The first-order chi connectivity index (χ1) is 14.3. The van der Waals surface area contributed by atoms with Crippen LogP contribution < -0.4 is 0 Å². The zero-order chi connectivity index (χ0) is 19.8. The van der Waals surface area contributed by atoms with E-state index in [1.54, 1.807) is 18.1 Å². The van der Waals surface area contributed by atoms with Crippen LogP contribution in [0.1, 0.15) is 17.0 Å². The van der Waals surface area contributed by atoms with Gasteiger partial charge in [0.15, 0.2) is 11.5 Å². The van der Waals surface area contributed by atoms with Crippen molar-refractivity contribution in [1.29, 1.82) is 0 Å². The zero-order valence-corrected chi connectivity index (χ0v) is 16.9. The van der Waals surface area contributed by atoms with E-state index in [1.165, 1.54) is 5.56 Å². The lowest BCUT2D eigenvalue weighted by atomic mass is 10.0. The zero-order valence-electron chi connectivity index (χ0n) is 16.1. The SMILES string of the molecule is CSc1ncnc2nn(-c3nnc(Cc4ccccc4)c4ccccc34)c(C)c12. The first-order valence-electron chi connectivity index (χ1n) is 9.29. The van der Waals surface area contributed by atoms with Crippen LogP contribution in [-0.4, -0.2) is 36.2 Å². The van der Waals surface area contributed by atoms with Crippen molar-refractivity contribution in [2.45, 2.75) is 18.4 Å². The summed E-state index contributed by atoms with van der Waals surface area (Å²) in [5, 5.41) is 17.8. The maximum atomic E-state index is 4.70. The van der Waals surface area contributed by atoms with Crippen molar-refractivity contribution in [1.82, 2.24) is 29.9 Å². The highest BCUT2D eigenvalue weighted by Crippen LogP contribution is 2.29. The minimum Gasteiger partial charge on any atom is -0.229 e. The molecule has 0 aliphatic rings. The van der Waals surface area contributed by atoms with Crippen molar-refractivity contribution in [2.24, 2.45) is 0 Å². The van der Waals surface area contributed by atoms with Gasteiger partial charge in [0, 0.05) is 17.2 Å². The van der Waals surface area contributed by atoms with E-state index in [2.05, 4.69) is 44.4 Å². The molecule has 0 atom stereocenters. The Morgan fingerprint density at radius 3 is 2.45 bits per heavy atom. The highest BCUT2D eigenvalue weighted by molar-refractivity contribution is 7.98. The molecule has 6 nitrogen and oxygen atoms in total. The minimum atomic E-state index is 0.668. The normalized spacial score (nSPS) is 11.4. The molecule has 7 heteroatoms. The van der Waals surface area contributed by atoms with Crippen LogP contribution in [0, 0.1) is 6.92 Å². The number of hydrogen-bond acceptors (Lipinski definition) is 6. The number of fused-ring (bicyclic) bond motifs is 2. The predicted octanol–water partition coefficient (Wildman–Crippen LogP) is 4.38. The molecule has 0 unspecified atom stereocenters. The lowest BCUT2D eigenvalue weighted by molar-refractivity contribution is 0.797. The highest BCUT2D eigenvalue weighted by Gasteiger charge is 2.18. The summed E-state index contributed by atoms with van der Waals surface area (Å²) < 4.78 is 1.83. The quantitative estimate of drug-likeness (QED) is 0.331.